The minimum Gasteiger partial charge on any atom is -0.449 e. The number of nitrogens with two attached hydrogens (primary N) is 1. The lowest BCUT2D eigenvalue weighted by Gasteiger charge is -2.35. The summed E-state index contributed by atoms with van der Waals surface area (Å²) in [4.78, 5) is 52.5. The van der Waals surface area contributed by atoms with Crippen molar-refractivity contribution in [3.63, 3.8) is 0 Å². The maximum absolute atomic E-state index is 14.0. The zero-order valence-corrected chi connectivity index (χ0v) is 29.3. The number of carbonyl (C=O) groups is 3. The number of carbonyl (C=O) groups excluding carboxylic acids is 3. The van der Waals surface area contributed by atoms with Crippen LogP contribution in [0.1, 0.15) is 94.8 Å². The smallest absolute Gasteiger partial charge is 0.435 e. The molecule has 2 N–H and O–H groups in total. The van der Waals surface area contributed by atoms with E-state index in [2.05, 4.69) is 32.7 Å². The van der Waals surface area contributed by atoms with E-state index in [1.807, 2.05) is 52.0 Å². The van der Waals surface area contributed by atoms with Gasteiger partial charge in [-0.15, -0.1) is 0 Å². The van der Waals surface area contributed by atoms with E-state index in [4.69, 9.17) is 20.2 Å². The monoisotopic (exact) mass is 670 g/mol. The summed E-state index contributed by atoms with van der Waals surface area (Å²) in [6, 6.07) is 13.5. The van der Waals surface area contributed by atoms with Gasteiger partial charge in [0.15, 0.2) is 0 Å². The maximum atomic E-state index is 14.0. The average Bonchev–Trinajstić information content (AvgIpc) is 3.87. The average molecular weight is 671 g/mol. The van der Waals surface area contributed by atoms with E-state index in [0.29, 0.717) is 31.7 Å². The molecule has 11 heteroatoms. The molecule has 3 aromatic rings. The number of hydrogen-bond acceptors (Lipinski definition) is 6. The summed E-state index contributed by atoms with van der Waals surface area (Å²) in [6.07, 6.45) is 5.40. The van der Waals surface area contributed by atoms with Crippen LogP contribution in [-0.4, -0.2) is 76.1 Å². The number of likely N-dealkylation sites (tertiary alicyclic amines) is 1. The van der Waals surface area contributed by atoms with Crippen LogP contribution in [0.3, 0.4) is 0 Å². The number of amidine groups is 1. The summed E-state index contributed by atoms with van der Waals surface area (Å²) < 4.78 is 13.1. The zero-order chi connectivity index (χ0) is 34.7. The maximum Gasteiger partial charge on any atom is 0.435 e. The molecule has 1 aliphatic carbocycles. The van der Waals surface area contributed by atoms with Gasteiger partial charge < -0.3 is 24.7 Å². The molecule has 3 amide bonds. The molecule has 2 aromatic carbocycles. The summed E-state index contributed by atoms with van der Waals surface area (Å²) in [5, 5.41) is 0. The van der Waals surface area contributed by atoms with Crippen molar-refractivity contribution in [1.82, 2.24) is 19.4 Å². The second-order valence-corrected chi connectivity index (χ2v) is 14.7. The summed E-state index contributed by atoms with van der Waals surface area (Å²) in [5.74, 6) is 1.56. The van der Waals surface area contributed by atoms with Crippen molar-refractivity contribution in [2.75, 3.05) is 32.8 Å². The predicted molar refractivity (Wildman–Crippen MR) is 188 cm³/mol. The molecule has 1 saturated heterocycles. The van der Waals surface area contributed by atoms with Crippen molar-refractivity contribution in [1.29, 1.82) is 0 Å². The van der Waals surface area contributed by atoms with Crippen molar-refractivity contribution in [2.45, 2.75) is 90.6 Å². The third kappa shape index (κ3) is 7.31. The first-order valence-electron chi connectivity index (χ1n) is 17.9. The number of imidazole rings is 1. The van der Waals surface area contributed by atoms with E-state index in [-0.39, 0.29) is 42.3 Å². The fraction of sp³-hybridized carbons (Fsp3) is 0.553. The number of benzene rings is 2. The van der Waals surface area contributed by atoms with Crippen LogP contribution in [0.5, 0.6) is 0 Å². The van der Waals surface area contributed by atoms with Crippen LogP contribution in [0.25, 0.3) is 11.0 Å². The Hall–Kier alpha value is -4.41. The first-order chi connectivity index (χ1) is 23.6. The molecule has 2 aliphatic heterocycles. The lowest BCUT2D eigenvalue weighted by molar-refractivity contribution is -0.136. The van der Waals surface area contributed by atoms with E-state index in [1.54, 1.807) is 4.90 Å². The molecule has 0 radical (unpaired) electrons. The first kappa shape index (κ1) is 34.5. The van der Waals surface area contributed by atoms with Crippen molar-refractivity contribution < 1.29 is 23.9 Å². The van der Waals surface area contributed by atoms with Gasteiger partial charge in [-0.25, -0.2) is 14.6 Å². The van der Waals surface area contributed by atoms with Crippen LogP contribution in [0.15, 0.2) is 47.5 Å². The molecule has 1 atom stereocenters. The molecule has 0 spiro atoms. The van der Waals surface area contributed by atoms with Gasteiger partial charge in [-0.3, -0.25) is 9.69 Å². The molecule has 1 unspecified atom stereocenters. The summed E-state index contributed by atoms with van der Waals surface area (Å²) in [7, 11) is 0. The highest BCUT2D eigenvalue weighted by molar-refractivity contribution is 6.02. The lowest BCUT2D eigenvalue weighted by Crippen LogP contribution is -2.44. The van der Waals surface area contributed by atoms with E-state index < -0.39 is 11.5 Å². The summed E-state index contributed by atoms with van der Waals surface area (Å²) >= 11 is 0. The van der Waals surface area contributed by atoms with Crippen LogP contribution >= 0.6 is 0 Å². The van der Waals surface area contributed by atoms with Gasteiger partial charge in [0.05, 0.1) is 35.7 Å². The molecule has 6 rings (SSSR count). The second-order valence-electron chi connectivity index (χ2n) is 14.7. The van der Waals surface area contributed by atoms with Crippen LogP contribution in [-0.2, 0) is 32.6 Å². The molecular formula is C38H50N6O5. The van der Waals surface area contributed by atoms with Crippen molar-refractivity contribution in [3.05, 3.63) is 65.0 Å². The number of fused-ring (bicyclic) bond motifs is 3. The minimum absolute atomic E-state index is 0.0812. The summed E-state index contributed by atoms with van der Waals surface area (Å²) in [5.41, 5.74) is 10.1. The second kappa shape index (κ2) is 14.6. The van der Waals surface area contributed by atoms with Crippen molar-refractivity contribution >= 4 is 35.0 Å². The Morgan fingerprint density at radius 1 is 0.898 bits per heavy atom. The normalized spacial score (nSPS) is 19.1. The largest absolute Gasteiger partial charge is 0.449 e. The SMILES string of the molecule is CC(C)COC(=O)/N=C(\N)c1ccc(CC2c3nc4cc(C5(C(=O)N6CCCC6)CCCC5)ccc4n3CCN2C(=O)OCC(C)C)cc1. The zero-order valence-electron chi connectivity index (χ0n) is 29.3. The van der Waals surface area contributed by atoms with Gasteiger partial charge >= 0.3 is 12.2 Å². The fourth-order valence-corrected chi connectivity index (χ4v) is 7.47. The highest BCUT2D eigenvalue weighted by atomic mass is 16.6. The Morgan fingerprint density at radius 3 is 2.24 bits per heavy atom. The Balaban J connectivity index is 1.30. The number of nitrogens with zero attached hydrogens (tertiary/aromatic N) is 5. The standard InChI is InChI=1S/C38H50N6O5/c1-25(2)23-48-36(46)41-33(39)28-11-9-27(10-12-28)21-32-34-40-30-22-29(38(15-5-6-16-38)35(45)42-17-7-8-18-42)13-14-31(30)43(34)19-20-44(32)37(47)49-24-26(3)4/h9-14,22,25-26,32H,5-8,15-21,23-24H2,1-4H3,(H2,39,41,46). The van der Waals surface area contributed by atoms with Gasteiger partial charge in [-0.2, -0.15) is 4.99 Å². The number of hydrogen-bond donors (Lipinski definition) is 1. The molecule has 3 heterocycles. The molecule has 49 heavy (non-hydrogen) atoms. The van der Waals surface area contributed by atoms with Gasteiger partial charge in [0.25, 0.3) is 0 Å². The Bertz CT molecular complexity index is 1700. The fourth-order valence-electron chi connectivity index (χ4n) is 7.47. The molecular weight excluding hydrogens is 620 g/mol. The molecule has 1 saturated carbocycles. The van der Waals surface area contributed by atoms with Gasteiger partial charge in [-0.05, 0) is 60.8 Å². The van der Waals surface area contributed by atoms with E-state index >= 15 is 0 Å². The van der Waals surface area contributed by atoms with E-state index in [1.165, 1.54) is 0 Å². The number of amides is 3. The number of ether oxygens (including phenoxy) is 2. The van der Waals surface area contributed by atoms with Gasteiger partial charge in [0.2, 0.25) is 5.91 Å². The predicted octanol–water partition coefficient (Wildman–Crippen LogP) is 6.36. The minimum atomic E-state index is -0.714. The molecule has 3 aliphatic rings. The Morgan fingerprint density at radius 2 is 1.57 bits per heavy atom. The van der Waals surface area contributed by atoms with Gasteiger partial charge in [-0.1, -0.05) is 70.9 Å². The van der Waals surface area contributed by atoms with Crippen LogP contribution in [0, 0.1) is 11.8 Å². The van der Waals surface area contributed by atoms with Crippen LogP contribution in [0.4, 0.5) is 9.59 Å². The van der Waals surface area contributed by atoms with Crippen LogP contribution < -0.4 is 5.73 Å². The highest BCUT2D eigenvalue weighted by Crippen LogP contribution is 2.44. The quantitative estimate of drug-likeness (QED) is 0.207. The van der Waals surface area contributed by atoms with Crippen molar-refractivity contribution in [2.24, 2.45) is 22.6 Å². The lowest BCUT2D eigenvalue weighted by atomic mass is 9.77. The van der Waals surface area contributed by atoms with E-state index in [9.17, 15) is 14.4 Å². The van der Waals surface area contributed by atoms with Gasteiger partial charge in [0, 0.05) is 38.2 Å². The molecule has 0 bridgehead atoms. The highest BCUT2D eigenvalue weighted by Gasteiger charge is 2.46. The topological polar surface area (TPSA) is 132 Å². The first-order valence-corrected chi connectivity index (χ1v) is 17.9. The number of aromatic nitrogens is 2. The molecule has 11 nitrogen and oxygen atoms in total. The molecule has 2 fully saturated rings. The van der Waals surface area contributed by atoms with Gasteiger partial charge in [0.1, 0.15) is 11.7 Å². The number of aliphatic imine (C=N–C) groups is 1. The van der Waals surface area contributed by atoms with Crippen LogP contribution in [0.2, 0.25) is 0 Å². The van der Waals surface area contributed by atoms with Crippen molar-refractivity contribution in [3.8, 4) is 0 Å². The third-order valence-corrected chi connectivity index (χ3v) is 10.0. The van der Waals surface area contributed by atoms with E-state index in [0.717, 1.165) is 79.6 Å². The number of rotatable bonds is 9. The molecule has 1 aromatic heterocycles. The summed E-state index contributed by atoms with van der Waals surface area (Å²) in [6.45, 7) is 11.3. The molecule has 262 valence electrons. The Labute approximate surface area is 288 Å². The Kier molecular flexibility index (Phi) is 10.3. The third-order valence-electron chi connectivity index (χ3n) is 10.0.